The molecule has 0 spiro atoms. The lowest BCUT2D eigenvalue weighted by Gasteiger charge is -2.32. The lowest BCUT2D eigenvalue weighted by atomic mass is 9.92. The summed E-state index contributed by atoms with van der Waals surface area (Å²) >= 11 is 1.91. The molecule has 0 radical (unpaired) electrons. The van der Waals surface area contributed by atoms with E-state index in [-0.39, 0.29) is 24.4 Å². The van der Waals surface area contributed by atoms with Crippen LogP contribution in [0.15, 0.2) is 18.2 Å². The molecule has 2 aliphatic heterocycles. The van der Waals surface area contributed by atoms with Crippen molar-refractivity contribution in [3.63, 3.8) is 0 Å². The van der Waals surface area contributed by atoms with E-state index in [1.807, 2.05) is 16.7 Å². The molecule has 1 atom stereocenters. The molecule has 2 aliphatic rings. The van der Waals surface area contributed by atoms with Crippen molar-refractivity contribution in [1.82, 2.24) is 9.80 Å². The summed E-state index contributed by atoms with van der Waals surface area (Å²) in [6, 6.07) is 6.13. The van der Waals surface area contributed by atoms with Crippen LogP contribution in [0.5, 0.6) is 0 Å². The van der Waals surface area contributed by atoms with E-state index in [2.05, 4.69) is 56.1 Å². The minimum absolute atomic E-state index is 0.0195. The van der Waals surface area contributed by atoms with Gasteiger partial charge >= 0.3 is 0 Å². The maximum absolute atomic E-state index is 13.0. The Hall–Kier alpha value is -1.53. The SMILES string of the molecule is CC(C)c1cccc(C(C)C)c1NC(=O)CN1CCCC1C(=O)N1CCSCC1. The maximum Gasteiger partial charge on any atom is 0.239 e. The molecule has 1 aromatic rings. The summed E-state index contributed by atoms with van der Waals surface area (Å²) in [7, 11) is 0. The fraction of sp³-hybridized carbons (Fsp3) is 0.652. The minimum atomic E-state index is -0.145. The number of rotatable bonds is 6. The molecule has 3 rings (SSSR count). The summed E-state index contributed by atoms with van der Waals surface area (Å²) in [5.41, 5.74) is 3.30. The molecule has 160 valence electrons. The van der Waals surface area contributed by atoms with Gasteiger partial charge in [0.25, 0.3) is 0 Å². The van der Waals surface area contributed by atoms with E-state index in [0.29, 0.717) is 11.8 Å². The number of carbonyl (C=O) groups excluding carboxylic acids is 2. The van der Waals surface area contributed by atoms with Crippen LogP contribution in [0.3, 0.4) is 0 Å². The first-order valence-electron chi connectivity index (χ1n) is 10.9. The van der Waals surface area contributed by atoms with Crippen LogP contribution in [0.2, 0.25) is 0 Å². The largest absolute Gasteiger partial charge is 0.340 e. The standard InChI is InChI=1S/C23H35N3O2S/c1-16(2)18-7-5-8-19(17(3)4)22(18)24-21(27)15-26-10-6-9-20(26)23(28)25-11-13-29-14-12-25/h5,7-8,16-17,20H,6,9-15H2,1-4H3,(H,24,27). The summed E-state index contributed by atoms with van der Waals surface area (Å²) in [6.07, 6.45) is 1.84. The molecule has 1 aromatic carbocycles. The summed E-state index contributed by atoms with van der Waals surface area (Å²) in [5.74, 6) is 2.89. The molecule has 0 aromatic heterocycles. The molecule has 6 heteroatoms. The second-order valence-corrected chi connectivity index (χ2v) is 9.96. The monoisotopic (exact) mass is 417 g/mol. The van der Waals surface area contributed by atoms with Crippen molar-refractivity contribution in [2.75, 3.05) is 43.0 Å². The maximum atomic E-state index is 13.0. The Morgan fingerprint density at radius 3 is 2.28 bits per heavy atom. The van der Waals surface area contributed by atoms with Gasteiger partial charge in [-0.25, -0.2) is 0 Å². The third-order valence-corrected chi connectivity index (χ3v) is 6.90. The first-order chi connectivity index (χ1) is 13.9. The number of benzene rings is 1. The van der Waals surface area contributed by atoms with Gasteiger partial charge in [-0.15, -0.1) is 0 Å². The third-order valence-electron chi connectivity index (χ3n) is 5.96. The molecule has 1 unspecified atom stereocenters. The molecular weight excluding hydrogens is 382 g/mol. The molecule has 0 bridgehead atoms. The molecule has 2 fully saturated rings. The van der Waals surface area contributed by atoms with E-state index >= 15 is 0 Å². The van der Waals surface area contributed by atoms with Gasteiger partial charge in [0.1, 0.15) is 0 Å². The Labute approximate surface area is 179 Å². The van der Waals surface area contributed by atoms with Gasteiger partial charge in [0.05, 0.1) is 12.6 Å². The summed E-state index contributed by atoms with van der Waals surface area (Å²) in [6.45, 7) is 11.4. The van der Waals surface area contributed by atoms with Crippen molar-refractivity contribution < 1.29 is 9.59 Å². The first-order valence-corrected chi connectivity index (χ1v) is 12.1. The van der Waals surface area contributed by atoms with E-state index in [0.717, 1.165) is 49.7 Å². The predicted molar refractivity (Wildman–Crippen MR) is 122 cm³/mol. The van der Waals surface area contributed by atoms with Gasteiger partial charge in [-0.2, -0.15) is 11.8 Å². The summed E-state index contributed by atoms with van der Waals surface area (Å²) < 4.78 is 0. The van der Waals surface area contributed by atoms with Gasteiger partial charge in [0.2, 0.25) is 11.8 Å². The Bertz CT molecular complexity index is 703. The highest BCUT2D eigenvalue weighted by molar-refractivity contribution is 7.99. The second-order valence-electron chi connectivity index (χ2n) is 8.74. The molecule has 5 nitrogen and oxygen atoms in total. The molecule has 0 saturated carbocycles. The lowest BCUT2D eigenvalue weighted by molar-refractivity contribution is -0.136. The fourth-order valence-corrected chi connectivity index (χ4v) is 5.25. The van der Waals surface area contributed by atoms with Crippen LogP contribution in [0.25, 0.3) is 0 Å². The smallest absolute Gasteiger partial charge is 0.239 e. The van der Waals surface area contributed by atoms with E-state index < -0.39 is 0 Å². The van der Waals surface area contributed by atoms with Crippen LogP contribution >= 0.6 is 11.8 Å². The van der Waals surface area contributed by atoms with Crippen LogP contribution in [0.1, 0.15) is 63.5 Å². The van der Waals surface area contributed by atoms with E-state index in [1.165, 1.54) is 11.1 Å². The van der Waals surface area contributed by atoms with Crippen molar-refractivity contribution in [3.8, 4) is 0 Å². The number of carbonyl (C=O) groups is 2. The molecule has 2 amide bonds. The Morgan fingerprint density at radius 2 is 1.69 bits per heavy atom. The van der Waals surface area contributed by atoms with Crippen molar-refractivity contribution in [2.24, 2.45) is 0 Å². The first kappa shape index (κ1) is 22.2. The quantitative estimate of drug-likeness (QED) is 0.762. The Morgan fingerprint density at radius 1 is 1.07 bits per heavy atom. The van der Waals surface area contributed by atoms with Crippen molar-refractivity contribution in [2.45, 2.75) is 58.4 Å². The van der Waals surface area contributed by atoms with Crippen LogP contribution in [0, 0.1) is 0 Å². The number of nitrogens with zero attached hydrogens (tertiary/aromatic N) is 2. The highest BCUT2D eigenvalue weighted by Crippen LogP contribution is 2.32. The topological polar surface area (TPSA) is 52.7 Å². The van der Waals surface area contributed by atoms with Crippen molar-refractivity contribution >= 4 is 29.3 Å². The summed E-state index contributed by atoms with van der Waals surface area (Å²) in [5, 5.41) is 3.20. The number of para-hydroxylation sites is 1. The Kier molecular flexibility index (Phi) is 7.63. The molecular formula is C23H35N3O2S. The number of hydrogen-bond acceptors (Lipinski definition) is 4. The van der Waals surface area contributed by atoms with Gasteiger partial charge in [-0.05, 0) is 42.3 Å². The summed E-state index contributed by atoms with van der Waals surface area (Å²) in [4.78, 5) is 30.0. The van der Waals surface area contributed by atoms with Gasteiger partial charge in [0, 0.05) is 30.3 Å². The number of hydrogen-bond donors (Lipinski definition) is 1. The van der Waals surface area contributed by atoms with Crippen molar-refractivity contribution in [3.05, 3.63) is 29.3 Å². The predicted octanol–water partition coefficient (Wildman–Crippen LogP) is 3.91. The zero-order valence-corrected chi connectivity index (χ0v) is 19.1. The number of likely N-dealkylation sites (tertiary alicyclic amines) is 1. The van der Waals surface area contributed by atoms with Gasteiger partial charge in [-0.3, -0.25) is 14.5 Å². The van der Waals surface area contributed by atoms with Crippen LogP contribution < -0.4 is 5.32 Å². The zero-order chi connectivity index (χ0) is 21.0. The van der Waals surface area contributed by atoms with E-state index in [1.54, 1.807) is 0 Å². The second kappa shape index (κ2) is 9.98. The van der Waals surface area contributed by atoms with Crippen LogP contribution in [-0.2, 0) is 9.59 Å². The normalized spacial score (nSPS) is 20.5. The average molecular weight is 418 g/mol. The molecule has 29 heavy (non-hydrogen) atoms. The Balaban J connectivity index is 1.69. The molecule has 0 aliphatic carbocycles. The van der Waals surface area contributed by atoms with E-state index in [9.17, 15) is 9.59 Å². The number of amides is 2. The molecule has 2 saturated heterocycles. The highest BCUT2D eigenvalue weighted by atomic mass is 32.2. The highest BCUT2D eigenvalue weighted by Gasteiger charge is 2.35. The average Bonchev–Trinajstić information content (AvgIpc) is 3.15. The minimum Gasteiger partial charge on any atom is -0.340 e. The number of anilines is 1. The fourth-order valence-electron chi connectivity index (χ4n) is 4.35. The van der Waals surface area contributed by atoms with Crippen LogP contribution in [0.4, 0.5) is 5.69 Å². The van der Waals surface area contributed by atoms with Crippen LogP contribution in [-0.4, -0.2) is 65.3 Å². The number of nitrogens with one attached hydrogen (secondary N) is 1. The van der Waals surface area contributed by atoms with Crippen molar-refractivity contribution in [1.29, 1.82) is 0 Å². The van der Waals surface area contributed by atoms with Gasteiger partial charge in [0.15, 0.2) is 0 Å². The molecule has 1 N–H and O–H groups in total. The lowest BCUT2D eigenvalue weighted by Crippen LogP contribution is -2.50. The van der Waals surface area contributed by atoms with E-state index in [4.69, 9.17) is 0 Å². The zero-order valence-electron chi connectivity index (χ0n) is 18.2. The third kappa shape index (κ3) is 5.34. The van der Waals surface area contributed by atoms with Gasteiger partial charge < -0.3 is 10.2 Å². The van der Waals surface area contributed by atoms with Gasteiger partial charge in [-0.1, -0.05) is 45.9 Å². The molecule has 2 heterocycles. The number of thioether (sulfide) groups is 1.